The third-order valence-corrected chi connectivity index (χ3v) is 3.88. The number of benzene rings is 2. The lowest BCUT2D eigenvalue weighted by Crippen LogP contribution is -2.01. The van der Waals surface area contributed by atoms with E-state index in [1.807, 2.05) is 10.9 Å². The molecule has 114 valence electrons. The van der Waals surface area contributed by atoms with Gasteiger partial charge in [-0.15, -0.1) is 0 Å². The molecule has 0 bridgehead atoms. The third kappa shape index (κ3) is 3.08. The van der Waals surface area contributed by atoms with Gasteiger partial charge in [-0.2, -0.15) is 5.10 Å². The Balaban J connectivity index is 1.40. The molecule has 0 amide bonds. The van der Waals surface area contributed by atoms with Crippen LogP contribution in [0.1, 0.15) is 11.1 Å². The van der Waals surface area contributed by atoms with E-state index in [0.29, 0.717) is 0 Å². The molecule has 0 spiro atoms. The molecule has 0 unspecified atom stereocenters. The molecule has 5 heteroatoms. The van der Waals surface area contributed by atoms with Crippen LogP contribution in [0, 0.1) is 0 Å². The van der Waals surface area contributed by atoms with Gasteiger partial charge < -0.3 is 10.3 Å². The SMILES string of the molecule is c1ncn(Cc2ccc(NCc3ccc4[nH]ccc4c3)cc2)n1. The molecule has 23 heavy (non-hydrogen) atoms. The molecule has 4 aromatic rings. The fourth-order valence-corrected chi connectivity index (χ4v) is 2.65. The number of nitrogens with one attached hydrogen (secondary N) is 2. The molecule has 0 saturated carbocycles. The van der Waals surface area contributed by atoms with Crippen LogP contribution in [-0.4, -0.2) is 19.7 Å². The Morgan fingerprint density at radius 2 is 1.87 bits per heavy atom. The maximum Gasteiger partial charge on any atom is 0.137 e. The van der Waals surface area contributed by atoms with Crippen LogP contribution < -0.4 is 5.32 Å². The second-order valence-corrected chi connectivity index (χ2v) is 5.54. The van der Waals surface area contributed by atoms with E-state index in [4.69, 9.17) is 0 Å². The first-order chi connectivity index (χ1) is 11.4. The summed E-state index contributed by atoms with van der Waals surface area (Å²) in [6.07, 6.45) is 5.25. The lowest BCUT2D eigenvalue weighted by Gasteiger charge is -2.08. The zero-order chi connectivity index (χ0) is 15.5. The minimum Gasteiger partial charge on any atom is -0.381 e. The van der Waals surface area contributed by atoms with Gasteiger partial charge in [0.1, 0.15) is 12.7 Å². The number of hydrogen-bond donors (Lipinski definition) is 2. The van der Waals surface area contributed by atoms with Crippen LogP contribution in [0.25, 0.3) is 10.9 Å². The Bertz CT molecular complexity index is 891. The molecular formula is C18H17N5. The molecule has 0 fully saturated rings. The molecular weight excluding hydrogens is 286 g/mol. The van der Waals surface area contributed by atoms with Crippen molar-refractivity contribution in [2.75, 3.05) is 5.32 Å². The minimum atomic E-state index is 0.741. The van der Waals surface area contributed by atoms with Gasteiger partial charge in [0.2, 0.25) is 0 Å². The maximum atomic E-state index is 4.12. The first kappa shape index (κ1) is 13.6. The van der Waals surface area contributed by atoms with E-state index >= 15 is 0 Å². The van der Waals surface area contributed by atoms with Crippen molar-refractivity contribution in [1.82, 2.24) is 19.7 Å². The quantitative estimate of drug-likeness (QED) is 0.594. The van der Waals surface area contributed by atoms with Crippen molar-refractivity contribution in [3.63, 3.8) is 0 Å². The van der Waals surface area contributed by atoms with Crippen molar-refractivity contribution < 1.29 is 0 Å². The van der Waals surface area contributed by atoms with Crippen LogP contribution in [0.3, 0.4) is 0 Å². The number of nitrogens with zero attached hydrogens (tertiary/aromatic N) is 3. The van der Waals surface area contributed by atoms with Crippen molar-refractivity contribution in [1.29, 1.82) is 0 Å². The summed E-state index contributed by atoms with van der Waals surface area (Å²) in [5, 5.41) is 8.82. The van der Waals surface area contributed by atoms with Crippen molar-refractivity contribution in [2.24, 2.45) is 0 Å². The summed E-state index contributed by atoms with van der Waals surface area (Å²) in [7, 11) is 0. The summed E-state index contributed by atoms with van der Waals surface area (Å²) in [5.74, 6) is 0. The molecule has 0 aliphatic heterocycles. The molecule has 2 aromatic heterocycles. The van der Waals surface area contributed by atoms with E-state index in [1.54, 1.807) is 12.7 Å². The molecule has 0 aliphatic rings. The number of H-pyrrole nitrogens is 1. The zero-order valence-corrected chi connectivity index (χ0v) is 12.6. The highest BCUT2D eigenvalue weighted by molar-refractivity contribution is 5.79. The van der Waals surface area contributed by atoms with Crippen molar-refractivity contribution in [3.8, 4) is 0 Å². The predicted molar refractivity (Wildman–Crippen MR) is 91.2 cm³/mol. The molecule has 0 aliphatic carbocycles. The monoisotopic (exact) mass is 303 g/mol. The summed E-state index contributed by atoms with van der Waals surface area (Å²) in [6, 6.07) is 17.0. The Morgan fingerprint density at radius 1 is 1.00 bits per heavy atom. The van der Waals surface area contributed by atoms with Crippen LogP contribution in [0.15, 0.2) is 67.4 Å². The first-order valence-electron chi connectivity index (χ1n) is 7.58. The molecule has 2 aromatic carbocycles. The van der Waals surface area contributed by atoms with E-state index in [0.717, 1.165) is 18.8 Å². The van der Waals surface area contributed by atoms with E-state index in [1.165, 1.54) is 22.0 Å². The van der Waals surface area contributed by atoms with Gasteiger partial charge >= 0.3 is 0 Å². The zero-order valence-electron chi connectivity index (χ0n) is 12.6. The van der Waals surface area contributed by atoms with Crippen molar-refractivity contribution in [3.05, 3.63) is 78.5 Å². The van der Waals surface area contributed by atoms with E-state index in [9.17, 15) is 0 Å². The van der Waals surface area contributed by atoms with Crippen LogP contribution in [0.4, 0.5) is 5.69 Å². The highest BCUT2D eigenvalue weighted by Crippen LogP contribution is 2.16. The average Bonchev–Trinajstić information content (AvgIpc) is 3.25. The fourth-order valence-electron chi connectivity index (χ4n) is 2.65. The second-order valence-electron chi connectivity index (χ2n) is 5.54. The lowest BCUT2D eigenvalue weighted by molar-refractivity contribution is 0.685. The Morgan fingerprint density at radius 3 is 2.70 bits per heavy atom. The number of hydrogen-bond acceptors (Lipinski definition) is 3. The molecule has 2 heterocycles. The van der Waals surface area contributed by atoms with Gasteiger partial charge in [0.15, 0.2) is 0 Å². The van der Waals surface area contributed by atoms with Crippen LogP contribution in [0.5, 0.6) is 0 Å². The number of anilines is 1. The minimum absolute atomic E-state index is 0.741. The molecule has 5 nitrogen and oxygen atoms in total. The largest absolute Gasteiger partial charge is 0.381 e. The smallest absolute Gasteiger partial charge is 0.137 e. The predicted octanol–water partition coefficient (Wildman–Crippen LogP) is 3.42. The van der Waals surface area contributed by atoms with Gasteiger partial charge in [-0.25, -0.2) is 9.67 Å². The standard InChI is InChI=1S/C18H17N5/c1-4-17(5-2-14(1)11-23-13-19-12-22-23)21-10-15-3-6-18-16(9-15)7-8-20-18/h1-9,12-13,20-21H,10-11H2. The van der Waals surface area contributed by atoms with E-state index < -0.39 is 0 Å². The first-order valence-corrected chi connectivity index (χ1v) is 7.58. The van der Waals surface area contributed by atoms with Gasteiger partial charge in [-0.1, -0.05) is 18.2 Å². The third-order valence-electron chi connectivity index (χ3n) is 3.88. The van der Waals surface area contributed by atoms with Gasteiger partial charge in [-0.05, 0) is 46.8 Å². The number of fused-ring (bicyclic) bond motifs is 1. The molecule has 0 atom stereocenters. The highest BCUT2D eigenvalue weighted by Gasteiger charge is 1.99. The number of aromatic amines is 1. The van der Waals surface area contributed by atoms with Crippen LogP contribution >= 0.6 is 0 Å². The van der Waals surface area contributed by atoms with Crippen LogP contribution in [0.2, 0.25) is 0 Å². The second kappa shape index (κ2) is 5.96. The maximum absolute atomic E-state index is 4.12. The topological polar surface area (TPSA) is 58.5 Å². The number of rotatable bonds is 5. The molecule has 2 N–H and O–H groups in total. The summed E-state index contributed by atoms with van der Waals surface area (Å²) < 4.78 is 1.81. The van der Waals surface area contributed by atoms with Gasteiger partial charge in [0.05, 0.1) is 6.54 Å². The summed E-state index contributed by atoms with van der Waals surface area (Å²) in [5.41, 5.74) is 4.76. The van der Waals surface area contributed by atoms with E-state index in [2.05, 4.69) is 68.9 Å². The Kier molecular flexibility index (Phi) is 3.52. The Hall–Kier alpha value is -3.08. The van der Waals surface area contributed by atoms with E-state index in [-0.39, 0.29) is 0 Å². The lowest BCUT2D eigenvalue weighted by atomic mass is 10.1. The van der Waals surface area contributed by atoms with Crippen molar-refractivity contribution in [2.45, 2.75) is 13.1 Å². The molecule has 0 radical (unpaired) electrons. The van der Waals surface area contributed by atoms with Gasteiger partial charge in [0, 0.05) is 23.9 Å². The molecule has 0 saturated heterocycles. The average molecular weight is 303 g/mol. The summed E-state index contributed by atoms with van der Waals surface area (Å²) >= 11 is 0. The highest BCUT2D eigenvalue weighted by atomic mass is 15.3. The van der Waals surface area contributed by atoms with Crippen LogP contribution in [-0.2, 0) is 13.1 Å². The normalized spacial score (nSPS) is 11.0. The summed E-state index contributed by atoms with van der Waals surface area (Å²) in [4.78, 5) is 7.17. The van der Waals surface area contributed by atoms with Gasteiger partial charge in [-0.3, -0.25) is 0 Å². The number of aromatic nitrogens is 4. The Labute approximate surface area is 134 Å². The van der Waals surface area contributed by atoms with Gasteiger partial charge in [0.25, 0.3) is 0 Å². The fraction of sp³-hybridized carbons (Fsp3) is 0.111. The van der Waals surface area contributed by atoms with Crippen molar-refractivity contribution >= 4 is 16.6 Å². The molecule has 4 rings (SSSR count). The summed E-state index contributed by atoms with van der Waals surface area (Å²) in [6.45, 7) is 1.55.